The van der Waals surface area contributed by atoms with Crippen molar-refractivity contribution in [3.05, 3.63) is 47.4 Å². The molecule has 21 heavy (non-hydrogen) atoms. The molecule has 1 aromatic carbocycles. The number of phenolic OH excluding ortho intramolecular Hbond substituents is 1. The number of nitrogens with one attached hydrogen (secondary N) is 1. The van der Waals surface area contributed by atoms with E-state index in [1.165, 1.54) is 13.2 Å². The van der Waals surface area contributed by atoms with Gasteiger partial charge < -0.3 is 19.6 Å². The Morgan fingerprint density at radius 3 is 3.05 bits per heavy atom. The van der Waals surface area contributed by atoms with Crippen LogP contribution in [0.15, 0.2) is 34.9 Å². The number of carbonyl (C=O) groups is 1. The molecule has 1 unspecified atom stereocenters. The molecule has 0 saturated heterocycles. The van der Waals surface area contributed by atoms with Gasteiger partial charge in [-0.3, -0.25) is 4.79 Å². The molecule has 5 heteroatoms. The molecule has 3 rings (SSSR count). The van der Waals surface area contributed by atoms with Crippen LogP contribution in [0.2, 0.25) is 0 Å². The fourth-order valence-electron chi connectivity index (χ4n) is 2.70. The number of amides is 1. The summed E-state index contributed by atoms with van der Waals surface area (Å²) in [6.45, 7) is 0. The molecule has 1 atom stereocenters. The van der Waals surface area contributed by atoms with Gasteiger partial charge in [-0.25, -0.2) is 0 Å². The Kier molecular flexibility index (Phi) is 3.56. The van der Waals surface area contributed by atoms with E-state index in [0.29, 0.717) is 5.75 Å². The standard InChI is InChI=1S/C16H17NO4/c1-20-10-5-6-12(14(18)9-10)16(19)17-13-3-2-4-15-11(13)7-8-21-15/h5-9,13,18H,2-4H2,1H3,(H,17,19). The summed E-state index contributed by atoms with van der Waals surface area (Å²) in [6.07, 6.45) is 4.40. The van der Waals surface area contributed by atoms with Crippen molar-refractivity contribution >= 4 is 5.91 Å². The molecular formula is C16H17NO4. The summed E-state index contributed by atoms with van der Waals surface area (Å²) in [4.78, 5) is 12.3. The van der Waals surface area contributed by atoms with Crippen molar-refractivity contribution in [2.45, 2.75) is 25.3 Å². The van der Waals surface area contributed by atoms with Gasteiger partial charge in [0, 0.05) is 18.1 Å². The van der Waals surface area contributed by atoms with Crippen LogP contribution in [0.25, 0.3) is 0 Å². The van der Waals surface area contributed by atoms with E-state index in [9.17, 15) is 9.90 Å². The third-order valence-corrected chi connectivity index (χ3v) is 3.81. The minimum atomic E-state index is -0.297. The van der Waals surface area contributed by atoms with E-state index in [2.05, 4.69) is 5.32 Å². The molecule has 1 aromatic heterocycles. The molecular weight excluding hydrogens is 270 g/mol. The monoisotopic (exact) mass is 287 g/mol. The smallest absolute Gasteiger partial charge is 0.255 e. The topological polar surface area (TPSA) is 71.7 Å². The number of benzene rings is 1. The van der Waals surface area contributed by atoms with Crippen LogP contribution in [-0.2, 0) is 6.42 Å². The van der Waals surface area contributed by atoms with Crippen LogP contribution in [-0.4, -0.2) is 18.1 Å². The first-order valence-electron chi connectivity index (χ1n) is 6.93. The molecule has 2 aromatic rings. The first-order valence-corrected chi connectivity index (χ1v) is 6.93. The number of ether oxygens (including phenoxy) is 1. The molecule has 0 spiro atoms. The van der Waals surface area contributed by atoms with Gasteiger partial charge in [0.1, 0.15) is 17.3 Å². The number of carbonyl (C=O) groups excluding carboxylic acids is 1. The van der Waals surface area contributed by atoms with Crippen LogP contribution < -0.4 is 10.1 Å². The van der Waals surface area contributed by atoms with E-state index >= 15 is 0 Å². The Balaban J connectivity index is 1.79. The molecule has 0 saturated carbocycles. The van der Waals surface area contributed by atoms with Crippen molar-refractivity contribution in [1.29, 1.82) is 0 Å². The van der Waals surface area contributed by atoms with Gasteiger partial charge in [-0.05, 0) is 31.0 Å². The van der Waals surface area contributed by atoms with E-state index in [4.69, 9.17) is 9.15 Å². The van der Waals surface area contributed by atoms with Gasteiger partial charge >= 0.3 is 0 Å². The first-order chi connectivity index (χ1) is 10.2. The average Bonchev–Trinajstić information content (AvgIpc) is 2.96. The highest BCUT2D eigenvalue weighted by molar-refractivity contribution is 5.97. The number of fused-ring (bicyclic) bond motifs is 1. The summed E-state index contributed by atoms with van der Waals surface area (Å²) in [5.41, 5.74) is 1.27. The lowest BCUT2D eigenvalue weighted by molar-refractivity contribution is 0.0929. The summed E-state index contributed by atoms with van der Waals surface area (Å²) in [5.74, 6) is 1.06. The van der Waals surface area contributed by atoms with Crippen LogP contribution in [0.4, 0.5) is 0 Å². The second-order valence-electron chi connectivity index (χ2n) is 5.10. The zero-order valence-corrected chi connectivity index (χ0v) is 11.8. The minimum absolute atomic E-state index is 0.0681. The lowest BCUT2D eigenvalue weighted by Crippen LogP contribution is -2.30. The van der Waals surface area contributed by atoms with Crippen LogP contribution in [0.5, 0.6) is 11.5 Å². The number of aryl methyl sites for hydroxylation is 1. The van der Waals surface area contributed by atoms with E-state index in [-0.39, 0.29) is 23.3 Å². The predicted octanol–water partition coefficient (Wildman–Crippen LogP) is 2.80. The second kappa shape index (κ2) is 5.52. The lowest BCUT2D eigenvalue weighted by atomic mass is 9.93. The van der Waals surface area contributed by atoms with Crippen molar-refractivity contribution in [1.82, 2.24) is 5.32 Å². The van der Waals surface area contributed by atoms with E-state index in [0.717, 1.165) is 30.6 Å². The van der Waals surface area contributed by atoms with Gasteiger partial charge in [0.05, 0.1) is 25.0 Å². The first kappa shape index (κ1) is 13.5. The van der Waals surface area contributed by atoms with Crippen LogP contribution in [0, 0.1) is 0 Å². The van der Waals surface area contributed by atoms with E-state index in [1.807, 2.05) is 6.07 Å². The van der Waals surface area contributed by atoms with Crippen molar-refractivity contribution in [3.8, 4) is 11.5 Å². The highest BCUT2D eigenvalue weighted by atomic mass is 16.5. The fraction of sp³-hybridized carbons (Fsp3) is 0.312. The number of rotatable bonds is 3. The molecule has 1 aliphatic rings. The Bertz CT molecular complexity index is 662. The van der Waals surface area contributed by atoms with Crippen LogP contribution in [0.3, 0.4) is 0 Å². The Hall–Kier alpha value is -2.43. The third-order valence-electron chi connectivity index (χ3n) is 3.81. The van der Waals surface area contributed by atoms with Gasteiger partial charge in [-0.15, -0.1) is 0 Å². The van der Waals surface area contributed by atoms with Crippen molar-refractivity contribution < 1.29 is 19.1 Å². The lowest BCUT2D eigenvalue weighted by Gasteiger charge is -2.23. The van der Waals surface area contributed by atoms with Gasteiger partial charge in [-0.1, -0.05) is 0 Å². The Labute approximate surface area is 122 Å². The largest absolute Gasteiger partial charge is 0.507 e. The van der Waals surface area contributed by atoms with Gasteiger partial charge in [0.25, 0.3) is 5.91 Å². The van der Waals surface area contributed by atoms with Crippen LogP contribution >= 0.6 is 0 Å². The molecule has 0 fully saturated rings. The normalized spacial score (nSPS) is 17.1. The summed E-state index contributed by atoms with van der Waals surface area (Å²) in [6, 6.07) is 6.47. The maximum absolute atomic E-state index is 12.3. The molecule has 110 valence electrons. The highest BCUT2D eigenvalue weighted by Gasteiger charge is 2.25. The molecule has 2 N–H and O–H groups in total. The summed E-state index contributed by atoms with van der Waals surface area (Å²) < 4.78 is 10.4. The maximum Gasteiger partial charge on any atom is 0.255 e. The van der Waals surface area contributed by atoms with Crippen molar-refractivity contribution in [2.24, 2.45) is 0 Å². The molecule has 1 amide bonds. The number of aromatic hydroxyl groups is 1. The predicted molar refractivity (Wildman–Crippen MR) is 76.5 cm³/mol. The van der Waals surface area contributed by atoms with Gasteiger partial charge in [0.15, 0.2) is 0 Å². The second-order valence-corrected chi connectivity index (χ2v) is 5.10. The fourth-order valence-corrected chi connectivity index (χ4v) is 2.70. The molecule has 0 radical (unpaired) electrons. The Morgan fingerprint density at radius 1 is 1.43 bits per heavy atom. The quantitative estimate of drug-likeness (QED) is 0.910. The summed E-state index contributed by atoms with van der Waals surface area (Å²) in [5, 5.41) is 12.9. The van der Waals surface area contributed by atoms with E-state index in [1.54, 1.807) is 18.4 Å². The molecule has 5 nitrogen and oxygen atoms in total. The zero-order chi connectivity index (χ0) is 14.8. The van der Waals surface area contributed by atoms with Crippen molar-refractivity contribution in [2.75, 3.05) is 7.11 Å². The molecule has 1 aliphatic carbocycles. The van der Waals surface area contributed by atoms with E-state index < -0.39 is 0 Å². The summed E-state index contributed by atoms with van der Waals surface area (Å²) in [7, 11) is 1.51. The third kappa shape index (κ3) is 2.59. The highest BCUT2D eigenvalue weighted by Crippen LogP contribution is 2.31. The number of furan rings is 1. The van der Waals surface area contributed by atoms with Gasteiger partial charge in [-0.2, -0.15) is 0 Å². The maximum atomic E-state index is 12.3. The zero-order valence-electron chi connectivity index (χ0n) is 11.8. The number of hydrogen-bond donors (Lipinski definition) is 2. The number of phenols is 1. The number of hydrogen-bond acceptors (Lipinski definition) is 4. The SMILES string of the molecule is COc1ccc(C(=O)NC2CCCc3occc32)c(O)c1. The molecule has 1 heterocycles. The summed E-state index contributed by atoms with van der Waals surface area (Å²) >= 11 is 0. The molecule has 0 aliphatic heterocycles. The number of methoxy groups -OCH3 is 1. The average molecular weight is 287 g/mol. The van der Waals surface area contributed by atoms with Crippen LogP contribution in [0.1, 0.15) is 40.6 Å². The van der Waals surface area contributed by atoms with Gasteiger partial charge in [0.2, 0.25) is 0 Å². The Morgan fingerprint density at radius 2 is 2.29 bits per heavy atom. The molecule has 0 bridgehead atoms. The minimum Gasteiger partial charge on any atom is -0.507 e. The van der Waals surface area contributed by atoms with Crippen molar-refractivity contribution in [3.63, 3.8) is 0 Å².